The van der Waals surface area contributed by atoms with Crippen LogP contribution < -0.4 is 16.0 Å². The molecule has 0 radical (unpaired) electrons. The number of halogens is 1. The Morgan fingerprint density at radius 1 is 1.52 bits per heavy atom. The molecule has 4 nitrogen and oxygen atoms in total. The van der Waals surface area contributed by atoms with Gasteiger partial charge in [-0.15, -0.1) is 0 Å². The number of nitrogens with two attached hydrogens (primary N) is 1. The third kappa shape index (κ3) is 3.35. The number of hydrogen-bond acceptors (Lipinski definition) is 3. The monoisotopic (exact) mass is 293 g/mol. The van der Waals surface area contributed by atoms with Crippen LogP contribution in [0.1, 0.15) is 36.9 Å². The minimum atomic E-state index is -0.240. The SMILES string of the molecule is CNC(=O)C1CCCN(c2cc(C)c(F)cc2C(C)N)C1. The number of hydrogen-bond donors (Lipinski definition) is 2. The van der Waals surface area contributed by atoms with Gasteiger partial charge in [0.05, 0.1) is 5.92 Å². The number of benzene rings is 1. The summed E-state index contributed by atoms with van der Waals surface area (Å²) in [6, 6.07) is 3.13. The lowest BCUT2D eigenvalue weighted by molar-refractivity contribution is -0.124. The maximum absolute atomic E-state index is 13.8. The Kier molecular flexibility index (Phi) is 4.83. The highest BCUT2D eigenvalue weighted by Crippen LogP contribution is 2.31. The summed E-state index contributed by atoms with van der Waals surface area (Å²) in [7, 11) is 1.66. The van der Waals surface area contributed by atoms with Gasteiger partial charge >= 0.3 is 0 Å². The largest absolute Gasteiger partial charge is 0.370 e. The molecular weight excluding hydrogens is 269 g/mol. The zero-order valence-electron chi connectivity index (χ0n) is 12.9. The van der Waals surface area contributed by atoms with Crippen molar-refractivity contribution in [2.75, 3.05) is 25.0 Å². The maximum atomic E-state index is 13.8. The standard InChI is InChI=1S/C16H24FN3O/c1-10-7-15(13(11(2)18)8-14(10)17)20-6-4-5-12(9-20)16(21)19-3/h7-8,11-12H,4-6,9,18H2,1-3H3,(H,19,21). The molecule has 0 saturated carbocycles. The molecule has 1 amide bonds. The van der Waals surface area contributed by atoms with Crippen molar-refractivity contribution in [2.45, 2.75) is 32.7 Å². The van der Waals surface area contributed by atoms with Gasteiger partial charge in [-0.25, -0.2) is 4.39 Å². The van der Waals surface area contributed by atoms with Gasteiger partial charge in [-0.05, 0) is 49.9 Å². The van der Waals surface area contributed by atoms with E-state index < -0.39 is 0 Å². The fourth-order valence-electron chi connectivity index (χ4n) is 2.93. The van der Waals surface area contributed by atoms with Crippen molar-refractivity contribution in [2.24, 2.45) is 11.7 Å². The molecule has 2 atom stereocenters. The van der Waals surface area contributed by atoms with Crippen LogP contribution in [0.3, 0.4) is 0 Å². The second-order valence-electron chi connectivity index (χ2n) is 5.85. The highest BCUT2D eigenvalue weighted by molar-refractivity contribution is 5.79. The van der Waals surface area contributed by atoms with E-state index in [1.165, 1.54) is 6.07 Å². The van der Waals surface area contributed by atoms with Crippen molar-refractivity contribution < 1.29 is 9.18 Å². The van der Waals surface area contributed by atoms with E-state index in [4.69, 9.17) is 5.73 Å². The van der Waals surface area contributed by atoms with Crippen LogP contribution in [0.5, 0.6) is 0 Å². The molecule has 5 heteroatoms. The summed E-state index contributed by atoms with van der Waals surface area (Å²) in [6.07, 6.45) is 1.84. The summed E-state index contributed by atoms with van der Waals surface area (Å²) in [5, 5.41) is 2.71. The Morgan fingerprint density at radius 3 is 2.86 bits per heavy atom. The zero-order valence-corrected chi connectivity index (χ0v) is 12.9. The third-order valence-corrected chi connectivity index (χ3v) is 4.18. The summed E-state index contributed by atoms with van der Waals surface area (Å²) in [4.78, 5) is 14.0. The lowest BCUT2D eigenvalue weighted by atomic mass is 9.94. The third-order valence-electron chi connectivity index (χ3n) is 4.18. The lowest BCUT2D eigenvalue weighted by Gasteiger charge is -2.35. The van der Waals surface area contributed by atoms with E-state index in [0.717, 1.165) is 30.6 Å². The molecule has 1 aliphatic rings. The Bertz CT molecular complexity index is 530. The van der Waals surface area contributed by atoms with Crippen LogP contribution in [0.4, 0.5) is 10.1 Å². The molecule has 2 unspecified atom stereocenters. The highest BCUT2D eigenvalue weighted by Gasteiger charge is 2.27. The molecule has 2 rings (SSSR count). The molecule has 0 bridgehead atoms. The van der Waals surface area contributed by atoms with E-state index in [1.807, 2.05) is 13.0 Å². The molecule has 1 aliphatic heterocycles. The molecule has 21 heavy (non-hydrogen) atoms. The zero-order chi connectivity index (χ0) is 15.6. The van der Waals surface area contributed by atoms with Gasteiger partial charge in [0.2, 0.25) is 5.91 Å². The molecule has 1 aromatic carbocycles. The van der Waals surface area contributed by atoms with Gasteiger partial charge in [-0.2, -0.15) is 0 Å². The first-order valence-corrected chi connectivity index (χ1v) is 7.46. The van der Waals surface area contributed by atoms with Crippen LogP contribution in [0.25, 0.3) is 0 Å². The fraction of sp³-hybridized carbons (Fsp3) is 0.562. The topological polar surface area (TPSA) is 58.4 Å². The predicted octanol–water partition coefficient (Wildman–Crippen LogP) is 2.12. The van der Waals surface area contributed by atoms with E-state index >= 15 is 0 Å². The van der Waals surface area contributed by atoms with Crippen molar-refractivity contribution in [3.63, 3.8) is 0 Å². The van der Waals surface area contributed by atoms with Crippen LogP contribution in [0.15, 0.2) is 12.1 Å². The van der Waals surface area contributed by atoms with Gasteiger partial charge in [-0.3, -0.25) is 4.79 Å². The van der Waals surface area contributed by atoms with Gasteiger partial charge in [0.1, 0.15) is 5.82 Å². The van der Waals surface area contributed by atoms with Crippen molar-refractivity contribution in [3.8, 4) is 0 Å². The number of nitrogens with one attached hydrogen (secondary N) is 1. The Balaban J connectivity index is 2.32. The molecule has 1 saturated heterocycles. The Labute approximate surface area is 125 Å². The number of amides is 1. The number of anilines is 1. The number of carbonyl (C=O) groups excluding carboxylic acids is 1. The normalized spacial score (nSPS) is 20.2. The molecule has 1 heterocycles. The van der Waals surface area contributed by atoms with Crippen LogP contribution in [-0.2, 0) is 4.79 Å². The molecule has 0 aromatic heterocycles. The van der Waals surface area contributed by atoms with Crippen LogP contribution >= 0.6 is 0 Å². The quantitative estimate of drug-likeness (QED) is 0.897. The number of nitrogens with zero attached hydrogens (tertiary/aromatic N) is 1. The minimum absolute atomic E-state index is 0.0185. The first-order chi connectivity index (χ1) is 9.93. The summed E-state index contributed by atoms with van der Waals surface area (Å²) in [6.45, 7) is 5.14. The summed E-state index contributed by atoms with van der Waals surface area (Å²) in [5.41, 5.74) is 8.35. The van der Waals surface area contributed by atoms with Crippen LogP contribution in [0.2, 0.25) is 0 Å². The van der Waals surface area contributed by atoms with Crippen LogP contribution in [-0.4, -0.2) is 26.0 Å². The van der Waals surface area contributed by atoms with Crippen molar-refractivity contribution >= 4 is 11.6 Å². The molecular formula is C16H24FN3O. The second kappa shape index (κ2) is 6.43. The smallest absolute Gasteiger partial charge is 0.224 e. The van der Waals surface area contributed by atoms with Gasteiger partial charge in [0.15, 0.2) is 0 Å². The van der Waals surface area contributed by atoms with E-state index in [-0.39, 0.29) is 23.7 Å². The van der Waals surface area contributed by atoms with Crippen molar-refractivity contribution in [1.82, 2.24) is 5.32 Å². The summed E-state index contributed by atoms with van der Waals surface area (Å²) >= 11 is 0. The van der Waals surface area contributed by atoms with E-state index in [2.05, 4.69) is 10.2 Å². The summed E-state index contributed by atoms with van der Waals surface area (Å²) < 4.78 is 13.8. The molecule has 116 valence electrons. The second-order valence-corrected chi connectivity index (χ2v) is 5.85. The number of piperidine rings is 1. The van der Waals surface area contributed by atoms with Gasteiger partial charge in [0.25, 0.3) is 0 Å². The van der Waals surface area contributed by atoms with E-state index in [0.29, 0.717) is 12.1 Å². The average Bonchev–Trinajstić information content (AvgIpc) is 2.48. The van der Waals surface area contributed by atoms with Gasteiger partial charge in [0, 0.05) is 31.9 Å². The minimum Gasteiger partial charge on any atom is -0.370 e. The molecule has 1 aromatic rings. The molecule has 3 N–H and O–H groups in total. The first-order valence-electron chi connectivity index (χ1n) is 7.46. The van der Waals surface area contributed by atoms with Gasteiger partial charge < -0.3 is 16.0 Å². The predicted molar refractivity (Wildman–Crippen MR) is 82.7 cm³/mol. The fourth-order valence-corrected chi connectivity index (χ4v) is 2.93. The number of aryl methyl sites for hydroxylation is 1. The van der Waals surface area contributed by atoms with E-state index in [1.54, 1.807) is 14.0 Å². The van der Waals surface area contributed by atoms with E-state index in [9.17, 15) is 9.18 Å². The van der Waals surface area contributed by atoms with Crippen molar-refractivity contribution in [3.05, 3.63) is 29.1 Å². The Hall–Kier alpha value is -1.62. The average molecular weight is 293 g/mol. The number of carbonyl (C=O) groups is 1. The van der Waals surface area contributed by atoms with Crippen molar-refractivity contribution in [1.29, 1.82) is 0 Å². The van der Waals surface area contributed by atoms with Gasteiger partial charge in [-0.1, -0.05) is 0 Å². The number of rotatable bonds is 3. The highest BCUT2D eigenvalue weighted by atomic mass is 19.1. The Morgan fingerprint density at radius 2 is 2.24 bits per heavy atom. The molecule has 0 spiro atoms. The first kappa shape index (κ1) is 15.8. The molecule has 1 fully saturated rings. The maximum Gasteiger partial charge on any atom is 0.224 e. The summed E-state index contributed by atoms with van der Waals surface area (Å²) in [5.74, 6) is -0.179. The molecule has 0 aliphatic carbocycles. The van der Waals surface area contributed by atoms with Crippen LogP contribution in [0, 0.1) is 18.7 Å². The lowest BCUT2D eigenvalue weighted by Crippen LogP contribution is -2.42.